The Morgan fingerprint density at radius 2 is 1.79 bits per heavy atom. The Morgan fingerprint density at radius 1 is 1.14 bits per heavy atom. The maximum atomic E-state index is 11.3. The van der Waals surface area contributed by atoms with Crippen molar-refractivity contribution >= 4 is 43.4 Å². The van der Waals surface area contributed by atoms with Gasteiger partial charge in [0.25, 0.3) is 0 Å². The van der Waals surface area contributed by atoms with E-state index in [9.17, 15) is 13.5 Å². The molecule has 5 N–H and O–H groups in total. The predicted octanol–water partition coefficient (Wildman–Crippen LogP) is 2.95. The molecule has 0 saturated heterocycles. The van der Waals surface area contributed by atoms with E-state index in [2.05, 4.69) is 36.5 Å². The second-order valence-electron chi connectivity index (χ2n) is 6.58. The summed E-state index contributed by atoms with van der Waals surface area (Å²) in [6.07, 6.45) is 1.58. The van der Waals surface area contributed by atoms with E-state index >= 15 is 0 Å². The number of nitrogens with two attached hydrogens (primary N) is 1. The molecule has 10 heteroatoms. The average molecular weight is 478 g/mol. The quantitative estimate of drug-likeness (QED) is 0.411. The van der Waals surface area contributed by atoms with Crippen LogP contribution in [0.2, 0.25) is 0 Å². The fourth-order valence-corrected chi connectivity index (χ4v) is 3.41. The molecule has 29 heavy (non-hydrogen) atoms. The van der Waals surface area contributed by atoms with E-state index in [0.717, 1.165) is 5.56 Å². The van der Waals surface area contributed by atoms with Crippen molar-refractivity contribution in [1.29, 1.82) is 0 Å². The molecule has 0 aliphatic heterocycles. The summed E-state index contributed by atoms with van der Waals surface area (Å²) in [7, 11) is -3.75. The van der Waals surface area contributed by atoms with Gasteiger partial charge in [0.05, 0.1) is 9.37 Å². The lowest BCUT2D eigenvalue weighted by Gasteiger charge is -2.24. The first-order valence-corrected chi connectivity index (χ1v) is 10.9. The summed E-state index contributed by atoms with van der Waals surface area (Å²) >= 11 is 3.39. The molecule has 0 fully saturated rings. The first-order chi connectivity index (χ1) is 13.6. The second kappa shape index (κ2) is 8.46. The lowest BCUT2D eigenvalue weighted by molar-refractivity contribution is 0.0714. The van der Waals surface area contributed by atoms with Crippen molar-refractivity contribution < 1.29 is 13.5 Å². The van der Waals surface area contributed by atoms with Gasteiger partial charge < -0.3 is 15.7 Å². The number of hydrogen-bond donors (Lipinski definition) is 4. The van der Waals surface area contributed by atoms with E-state index < -0.39 is 15.6 Å². The highest BCUT2D eigenvalue weighted by Crippen LogP contribution is 2.25. The van der Waals surface area contributed by atoms with Crippen LogP contribution >= 0.6 is 15.9 Å². The molecule has 0 bridgehead atoms. The first-order valence-electron chi connectivity index (χ1n) is 8.59. The maximum absolute atomic E-state index is 11.3. The van der Waals surface area contributed by atoms with E-state index in [1.807, 2.05) is 30.3 Å². The molecule has 0 saturated carbocycles. The summed E-state index contributed by atoms with van der Waals surface area (Å²) in [5.74, 6) is 0.804. The molecule has 1 unspecified atom stereocenters. The van der Waals surface area contributed by atoms with Crippen molar-refractivity contribution in [2.24, 2.45) is 5.14 Å². The average Bonchev–Trinajstić information content (AvgIpc) is 2.69. The number of hydrogen-bond acceptors (Lipinski definition) is 7. The summed E-state index contributed by atoms with van der Waals surface area (Å²) in [5, 5.41) is 22.0. The van der Waals surface area contributed by atoms with Crippen LogP contribution in [0.4, 0.5) is 17.5 Å². The molecule has 3 rings (SSSR count). The first kappa shape index (κ1) is 21.2. The van der Waals surface area contributed by atoms with Crippen LogP contribution in [-0.2, 0) is 15.6 Å². The Kier molecular flexibility index (Phi) is 6.18. The predicted molar refractivity (Wildman–Crippen MR) is 115 cm³/mol. The lowest BCUT2D eigenvalue weighted by atomic mass is 9.96. The summed E-state index contributed by atoms with van der Waals surface area (Å²) < 4.78 is 23.3. The van der Waals surface area contributed by atoms with Gasteiger partial charge >= 0.3 is 0 Å². The number of sulfonamides is 1. The number of halogens is 1. The summed E-state index contributed by atoms with van der Waals surface area (Å²) in [5.41, 5.74) is 0.288. The van der Waals surface area contributed by atoms with Crippen molar-refractivity contribution in [1.82, 2.24) is 9.97 Å². The zero-order chi connectivity index (χ0) is 21.1. The number of primary sulfonamides is 1. The zero-order valence-corrected chi connectivity index (χ0v) is 17.9. The van der Waals surface area contributed by atoms with Gasteiger partial charge in [0.2, 0.25) is 16.0 Å². The number of benzene rings is 2. The molecule has 0 radical (unpaired) electrons. The zero-order valence-electron chi connectivity index (χ0n) is 15.5. The molecule has 8 nitrogen and oxygen atoms in total. The van der Waals surface area contributed by atoms with Gasteiger partial charge in [0.1, 0.15) is 11.4 Å². The Balaban J connectivity index is 1.73. The van der Waals surface area contributed by atoms with Crippen LogP contribution in [0.3, 0.4) is 0 Å². The molecule has 2 aromatic carbocycles. The van der Waals surface area contributed by atoms with Gasteiger partial charge in [-0.25, -0.2) is 18.5 Å². The van der Waals surface area contributed by atoms with Crippen LogP contribution in [0.5, 0.6) is 0 Å². The normalized spacial score (nSPS) is 13.5. The molecule has 0 amide bonds. The van der Waals surface area contributed by atoms with Crippen molar-refractivity contribution in [2.75, 3.05) is 17.2 Å². The molecule has 1 atom stereocenters. The Labute approximate surface area is 177 Å². The Morgan fingerprint density at radius 3 is 2.41 bits per heavy atom. The highest BCUT2D eigenvalue weighted by molar-refractivity contribution is 9.10. The number of aromatic nitrogens is 2. The molecule has 0 aliphatic carbocycles. The largest absolute Gasteiger partial charge is 0.384 e. The number of nitrogens with one attached hydrogen (secondary N) is 2. The van der Waals surface area contributed by atoms with Gasteiger partial charge in [-0.2, -0.15) is 4.98 Å². The summed E-state index contributed by atoms with van der Waals surface area (Å²) in [6.45, 7) is 1.95. The van der Waals surface area contributed by atoms with E-state index in [1.165, 1.54) is 12.1 Å². The SMILES string of the molecule is CC(O)(CNc1nc(Nc2ccc(S(N)(=O)=O)cc2)ncc1Br)c1ccccc1. The van der Waals surface area contributed by atoms with Crippen molar-refractivity contribution in [3.05, 3.63) is 70.8 Å². The molecule has 1 heterocycles. The molecule has 0 aliphatic rings. The number of anilines is 3. The van der Waals surface area contributed by atoms with E-state index in [1.54, 1.807) is 25.3 Å². The third-order valence-corrected chi connectivity index (χ3v) is 5.69. The second-order valence-corrected chi connectivity index (χ2v) is 8.99. The van der Waals surface area contributed by atoms with Crippen molar-refractivity contribution in [3.63, 3.8) is 0 Å². The monoisotopic (exact) mass is 477 g/mol. The fraction of sp³-hybridized carbons (Fsp3) is 0.158. The van der Waals surface area contributed by atoms with Gasteiger partial charge in [0.15, 0.2) is 0 Å². The summed E-state index contributed by atoms with van der Waals surface area (Å²) in [6, 6.07) is 15.3. The van der Waals surface area contributed by atoms with Gasteiger partial charge in [0, 0.05) is 18.4 Å². The summed E-state index contributed by atoms with van der Waals surface area (Å²) in [4.78, 5) is 8.61. The van der Waals surface area contributed by atoms with E-state index in [-0.39, 0.29) is 11.4 Å². The molecule has 152 valence electrons. The smallest absolute Gasteiger partial charge is 0.238 e. The van der Waals surface area contributed by atoms with Crippen LogP contribution in [0.25, 0.3) is 0 Å². The highest BCUT2D eigenvalue weighted by Gasteiger charge is 2.23. The van der Waals surface area contributed by atoms with Crippen molar-refractivity contribution in [3.8, 4) is 0 Å². The molecule has 1 aromatic heterocycles. The van der Waals surface area contributed by atoms with E-state index in [0.29, 0.717) is 21.9 Å². The van der Waals surface area contributed by atoms with Crippen LogP contribution < -0.4 is 15.8 Å². The highest BCUT2D eigenvalue weighted by atomic mass is 79.9. The topological polar surface area (TPSA) is 130 Å². The number of nitrogens with zero attached hydrogens (tertiary/aromatic N) is 2. The molecule has 3 aromatic rings. The van der Waals surface area contributed by atoms with Gasteiger partial charge in [-0.3, -0.25) is 0 Å². The maximum Gasteiger partial charge on any atom is 0.238 e. The minimum absolute atomic E-state index is 0.0188. The van der Waals surface area contributed by atoms with Crippen LogP contribution in [0.1, 0.15) is 12.5 Å². The molecular formula is C19H20BrN5O3S. The lowest BCUT2D eigenvalue weighted by Crippen LogP contribution is -2.31. The van der Waals surface area contributed by atoms with E-state index in [4.69, 9.17) is 5.14 Å². The molecular weight excluding hydrogens is 458 g/mol. The Bertz CT molecular complexity index is 1090. The minimum atomic E-state index is -3.75. The third-order valence-electron chi connectivity index (χ3n) is 4.18. The number of rotatable bonds is 7. The van der Waals surface area contributed by atoms with Crippen LogP contribution in [0.15, 0.2) is 70.2 Å². The van der Waals surface area contributed by atoms with Crippen LogP contribution in [-0.4, -0.2) is 30.0 Å². The van der Waals surface area contributed by atoms with Gasteiger partial charge in [-0.1, -0.05) is 30.3 Å². The third kappa shape index (κ3) is 5.51. The Hall–Kier alpha value is -2.53. The number of aliphatic hydroxyl groups is 1. The van der Waals surface area contributed by atoms with Gasteiger partial charge in [-0.05, 0) is 52.7 Å². The molecule has 0 spiro atoms. The minimum Gasteiger partial charge on any atom is -0.384 e. The van der Waals surface area contributed by atoms with Crippen molar-refractivity contribution in [2.45, 2.75) is 17.4 Å². The van der Waals surface area contributed by atoms with Gasteiger partial charge in [-0.15, -0.1) is 0 Å². The van der Waals surface area contributed by atoms with Crippen LogP contribution in [0, 0.1) is 0 Å². The standard InChI is InChI=1S/C19H20BrN5O3S/c1-19(26,13-5-3-2-4-6-13)12-23-17-16(20)11-22-18(25-17)24-14-7-9-15(10-8-14)29(21,27)28/h2-11,26H,12H2,1H3,(H2,21,27,28)(H2,22,23,24,25). The fourth-order valence-electron chi connectivity index (χ4n) is 2.56.